The van der Waals surface area contributed by atoms with Crippen molar-refractivity contribution in [3.05, 3.63) is 101 Å². The lowest BCUT2D eigenvalue weighted by atomic mass is 10.0. The number of carbonyl (C=O) groups is 1. The van der Waals surface area contributed by atoms with Gasteiger partial charge in [0.15, 0.2) is 0 Å². The molecule has 0 aliphatic carbocycles. The molecule has 0 saturated carbocycles. The van der Waals surface area contributed by atoms with Crippen molar-refractivity contribution in [3.63, 3.8) is 0 Å². The fourth-order valence-corrected chi connectivity index (χ4v) is 4.84. The number of anilines is 1. The van der Waals surface area contributed by atoms with Gasteiger partial charge in [-0.25, -0.2) is 13.6 Å². The smallest absolute Gasteiger partial charge is 0.234 e. The molecule has 1 unspecified atom stereocenters. The average molecular weight is 461 g/mol. The molecular weight excluding hydrogens is 440 g/mol. The number of carbonyl (C=O) groups excluding carboxylic acids is 1. The lowest BCUT2D eigenvalue weighted by molar-refractivity contribution is -0.113. The van der Waals surface area contributed by atoms with Gasteiger partial charge in [0.05, 0.1) is 16.8 Å². The molecule has 0 aromatic heterocycles. The van der Waals surface area contributed by atoms with Gasteiger partial charge in [-0.05, 0) is 41.0 Å². The van der Waals surface area contributed by atoms with Crippen LogP contribution in [-0.2, 0) is 20.6 Å². The molecule has 3 aromatic carbocycles. The SMILES string of the molecule is NS(=O)(=O)Cc1cccc(NC(=O)CSC(c2ccccc2)c2ccc(Cl)cc2)c1. The molecule has 0 radical (unpaired) electrons. The Labute approximate surface area is 185 Å². The average Bonchev–Trinajstić information content (AvgIpc) is 2.69. The summed E-state index contributed by atoms with van der Waals surface area (Å²) in [7, 11) is -3.63. The lowest BCUT2D eigenvalue weighted by Gasteiger charge is -2.18. The van der Waals surface area contributed by atoms with Crippen LogP contribution in [-0.4, -0.2) is 20.1 Å². The van der Waals surface area contributed by atoms with Gasteiger partial charge in [0.2, 0.25) is 15.9 Å². The van der Waals surface area contributed by atoms with Gasteiger partial charge in [0.1, 0.15) is 0 Å². The number of thioether (sulfide) groups is 1. The number of primary sulfonamides is 1. The Hall–Kier alpha value is -2.32. The number of halogens is 1. The maximum atomic E-state index is 12.5. The molecule has 3 N–H and O–H groups in total. The third kappa shape index (κ3) is 6.88. The molecule has 1 amide bonds. The first kappa shape index (κ1) is 22.4. The molecule has 0 bridgehead atoms. The molecule has 156 valence electrons. The lowest BCUT2D eigenvalue weighted by Crippen LogP contribution is -2.16. The van der Waals surface area contributed by atoms with Crippen LogP contribution in [0.5, 0.6) is 0 Å². The van der Waals surface area contributed by atoms with Gasteiger partial charge >= 0.3 is 0 Å². The molecule has 5 nitrogen and oxygen atoms in total. The molecule has 30 heavy (non-hydrogen) atoms. The maximum absolute atomic E-state index is 12.5. The largest absolute Gasteiger partial charge is 0.325 e. The molecule has 0 spiro atoms. The third-order valence-corrected chi connectivity index (χ3v) is 6.53. The minimum Gasteiger partial charge on any atom is -0.325 e. The second-order valence-electron chi connectivity index (χ2n) is 6.71. The van der Waals surface area contributed by atoms with Crippen LogP contribution >= 0.6 is 23.4 Å². The molecule has 3 rings (SSSR count). The van der Waals surface area contributed by atoms with E-state index in [4.69, 9.17) is 16.7 Å². The van der Waals surface area contributed by atoms with Crippen LogP contribution in [0.4, 0.5) is 5.69 Å². The Morgan fingerprint density at radius 2 is 1.63 bits per heavy atom. The van der Waals surface area contributed by atoms with E-state index in [9.17, 15) is 13.2 Å². The zero-order valence-electron chi connectivity index (χ0n) is 16.0. The number of amides is 1. The highest BCUT2D eigenvalue weighted by molar-refractivity contribution is 8.00. The van der Waals surface area contributed by atoms with Crippen molar-refractivity contribution in [2.75, 3.05) is 11.1 Å². The summed E-state index contributed by atoms with van der Waals surface area (Å²) >= 11 is 7.52. The van der Waals surface area contributed by atoms with Crippen LogP contribution in [0.2, 0.25) is 5.02 Å². The van der Waals surface area contributed by atoms with Crippen LogP contribution in [0.25, 0.3) is 0 Å². The summed E-state index contributed by atoms with van der Waals surface area (Å²) in [6.07, 6.45) is 0. The number of rotatable bonds is 8. The number of hydrogen-bond acceptors (Lipinski definition) is 4. The Morgan fingerprint density at radius 3 is 2.30 bits per heavy atom. The van der Waals surface area contributed by atoms with Crippen molar-refractivity contribution in [2.45, 2.75) is 11.0 Å². The van der Waals surface area contributed by atoms with Crippen LogP contribution in [0.3, 0.4) is 0 Å². The quantitative estimate of drug-likeness (QED) is 0.514. The van der Waals surface area contributed by atoms with Gasteiger partial charge in [-0.2, -0.15) is 0 Å². The zero-order chi connectivity index (χ0) is 21.6. The topological polar surface area (TPSA) is 89.3 Å². The van der Waals surface area contributed by atoms with E-state index < -0.39 is 10.0 Å². The first-order valence-corrected chi connectivity index (χ1v) is 12.3. The first-order valence-electron chi connectivity index (χ1n) is 9.11. The second kappa shape index (κ2) is 10.1. The molecule has 0 fully saturated rings. The predicted molar refractivity (Wildman–Crippen MR) is 124 cm³/mol. The summed E-state index contributed by atoms with van der Waals surface area (Å²) in [5.74, 6) is -0.234. The summed E-state index contributed by atoms with van der Waals surface area (Å²) in [5.41, 5.74) is 3.20. The summed E-state index contributed by atoms with van der Waals surface area (Å²) in [5, 5.41) is 8.55. The van der Waals surface area contributed by atoms with E-state index in [0.717, 1.165) is 11.1 Å². The van der Waals surface area contributed by atoms with Gasteiger partial charge in [-0.1, -0.05) is 66.2 Å². The monoisotopic (exact) mass is 460 g/mol. The fourth-order valence-electron chi connectivity index (χ4n) is 2.98. The van der Waals surface area contributed by atoms with Crippen molar-refractivity contribution in [3.8, 4) is 0 Å². The van der Waals surface area contributed by atoms with E-state index in [0.29, 0.717) is 16.3 Å². The minimum absolute atomic E-state index is 0.0251. The van der Waals surface area contributed by atoms with Crippen LogP contribution in [0, 0.1) is 0 Å². The van der Waals surface area contributed by atoms with Crippen molar-refractivity contribution >= 4 is 45.0 Å². The number of nitrogens with two attached hydrogens (primary N) is 1. The van der Waals surface area contributed by atoms with Crippen molar-refractivity contribution < 1.29 is 13.2 Å². The summed E-state index contributed by atoms with van der Waals surface area (Å²) in [4.78, 5) is 12.5. The molecule has 0 heterocycles. The molecule has 0 aliphatic heterocycles. The normalized spacial score (nSPS) is 12.3. The molecule has 0 saturated heterocycles. The Bertz CT molecular complexity index is 1100. The van der Waals surface area contributed by atoms with Gasteiger partial charge in [0.25, 0.3) is 0 Å². The summed E-state index contributed by atoms with van der Waals surface area (Å²) in [6.45, 7) is 0. The Morgan fingerprint density at radius 1 is 0.967 bits per heavy atom. The van der Waals surface area contributed by atoms with Crippen LogP contribution in [0.15, 0.2) is 78.9 Å². The van der Waals surface area contributed by atoms with Crippen LogP contribution in [0.1, 0.15) is 21.9 Å². The minimum atomic E-state index is -3.63. The van der Waals surface area contributed by atoms with E-state index in [2.05, 4.69) is 5.32 Å². The highest BCUT2D eigenvalue weighted by atomic mass is 35.5. The second-order valence-corrected chi connectivity index (χ2v) is 9.85. The molecule has 1 atom stereocenters. The number of sulfonamides is 1. The van der Waals surface area contributed by atoms with Gasteiger partial charge < -0.3 is 5.32 Å². The van der Waals surface area contributed by atoms with Crippen molar-refractivity contribution in [1.29, 1.82) is 0 Å². The van der Waals surface area contributed by atoms with E-state index in [1.807, 2.05) is 54.6 Å². The van der Waals surface area contributed by atoms with E-state index in [1.165, 1.54) is 11.8 Å². The Kier molecular flexibility index (Phi) is 7.55. The predicted octanol–water partition coefficient (Wildman–Crippen LogP) is 4.59. The van der Waals surface area contributed by atoms with Gasteiger partial charge in [-0.3, -0.25) is 4.79 Å². The zero-order valence-corrected chi connectivity index (χ0v) is 18.4. The number of nitrogens with one attached hydrogen (secondary N) is 1. The van der Waals surface area contributed by atoms with Crippen molar-refractivity contribution in [2.24, 2.45) is 5.14 Å². The molecule has 0 aliphatic rings. The molecule has 8 heteroatoms. The first-order chi connectivity index (χ1) is 14.3. The molecular formula is C22H21ClN2O3S2. The van der Waals surface area contributed by atoms with E-state index in [-0.39, 0.29) is 22.7 Å². The highest BCUT2D eigenvalue weighted by Crippen LogP contribution is 2.36. The number of hydrogen-bond donors (Lipinski definition) is 2. The highest BCUT2D eigenvalue weighted by Gasteiger charge is 2.17. The van der Waals surface area contributed by atoms with Crippen LogP contribution < -0.4 is 10.5 Å². The Balaban J connectivity index is 1.69. The fraction of sp³-hybridized carbons (Fsp3) is 0.136. The van der Waals surface area contributed by atoms with Gasteiger partial charge in [-0.15, -0.1) is 11.8 Å². The van der Waals surface area contributed by atoms with Gasteiger partial charge in [0, 0.05) is 10.7 Å². The van der Waals surface area contributed by atoms with E-state index in [1.54, 1.807) is 24.3 Å². The standard InChI is InChI=1S/C22H21ClN2O3S2/c23-19-11-9-18(10-12-19)22(17-6-2-1-3-7-17)29-14-21(26)25-20-8-4-5-16(13-20)15-30(24,27)28/h1-13,22H,14-15H2,(H,25,26)(H2,24,27,28). The summed E-state index contributed by atoms with van der Waals surface area (Å²) in [6, 6.07) is 24.2. The van der Waals surface area contributed by atoms with Crippen molar-refractivity contribution in [1.82, 2.24) is 0 Å². The maximum Gasteiger partial charge on any atom is 0.234 e. The third-order valence-electron chi connectivity index (χ3n) is 4.23. The van der Waals surface area contributed by atoms with E-state index >= 15 is 0 Å². The molecule has 3 aromatic rings. The number of benzene rings is 3. The summed E-state index contributed by atoms with van der Waals surface area (Å²) < 4.78 is 22.6.